The summed E-state index contributed by atoms with van der Waals surface area (Å²) in [6.07, 6.45) is 3.01. The number of nitrogens with one attached hydrogen (secondary N) is 1. The number of esters is 1. The molecule has 0 bridgehead atoms. The highest BCUT2D eigenvalue weighted by atomic mass is 16.5. The first-order valence-electron chi connectivity index (χ1n) is 10.8. The van der Waals surface area contributed by atoms with Gasteiger partial charge in [-0.05, 0) is 70.3 Å². The van der Waals surface area contributed by atoms with E-state index in [1.54, 1.807) is 12.1 Å². The normalized spacial score (nSPS) is 11.0. The van der Waals surface area contributed by atoms with Gasteiger partial charge < -0.3 is 10.1 Å². The lowest BCUT2D eigenvalue weighted by Gasteiger charge is -2.11. The topological polar surface area (TPSA) is 55.4 Å². The van der Waals surface area contributed by atoms with Crippen LogP contribution in [0.25, 0.3) is 28.0 Å². The van der Waals surface area contributed by atoms with Gasteiger partial charge in [0.05, 0.1) is 7.11 Å². The van der Waals surface area contributed by atoms with Crippen LogP contribution >= 0.6 is 0 Å². The van der Waals surface area contributed by atoms with Crippen LogP contribution < -0.4 is 5.32 Å². The monoisotopic (exact) mass is 435 g/mol. The molecule has 1 amide bonds. The van der Waals surface area contributed by atoms with Crippen LogP contribution in [0, 0.1) is 6.92 Å². The van der Waals surface area contributed by atoms with Crippen molar-refractivity contribution in [3.05, 3.63) is 113 Å². The average Bonchev–Trinajstić information content (AvgIpc) is 2.86. The first-order valence-corrected chi connectivity index (χ1v) is 10.8. The molecule has 1 N–H and O–H groups in total. The number of hydrogen-bond donors (Lipinski definition) is 1. The molecule has 4 aromatic rings. The lowest BCUT2D eigenvalue weighted by Crippen LogP contribution is -2.22. The standard InChI is InChI=1S/C29H25NO3/c1-20-7-9-21(10-8-20)19-30-29(32)27-16-22(11-14-28(31)33-2)15-26(18-27)25-13-12-23-5-3-4-6-24(23)17-25/h3-18H,19H2,1-2H3,(H,30,32)/b14-11+. The highest BCUT2D eigenvalue weighted by molar-refractivity contribution is 5.97. The van der Waals surface area contributed by atoms with Gasteiger partial charge in [0.25, 0.3) is 5.91 Å². The zero-order chi connectivity index (χ0) is 23.2. The van der Waals surface area contributed by atoms with Crippen LogP contribution in [0.3, 0.4) is 0 Å². The van der Waals surface area contributed by atoms with Gasteiger partial charge in [-0.1, -0.05) is 66.2 Å². The second kappa shape index (κ2) is 9.96. The second-order valence-corrected chi connectivity index (χ2v) is 7.93. The number of carbonyl (C=O) groups is 2. The lowest BCUT2D eigenvalue weighted by molar-refractivity contribution is -0.134. The minimum atomic E-state index is -0.448. The third-order valence-corrected chi connectivity index (χ3v) is 5.49. The molecule has 0 aliphatic heterocycles. The lowest BCUT2D eigenvalue weighted by atomic mass is 9.97. The Labute approximate surface area is 193 Å². The summed E-state index contributed by atoms with van der Waals surface area (Å²) in [5.41, 5.74) is 5.37. The Balaban J connectivity index is 1.67. The fraction of sp³-hybridized carbons (Fsp3) is 0.103. The van der Waals surface area contributed by atoms with Crippen molar-refractivity contribution in [2.24, 2.45) is 0 Å². The summed E-state index contributed by atoms with van der Waals surface area (Å²) in [4.78, 5) is 24.6. The summed E-state index contributed by atoms with van der Waals surface area (Å²) in [6.45, 7) is 2.47. The zero-order valence-corrected chi connectivity index (χ0v) is 18.7. The molecule has 0 aromatic heterocycles. The summed E-state index contributed by atoms with van der Waals surface area (Å²) in [5, 5.41) is 5.26. The smallest absolute Gasteiger partial charge is 0.330 e. The second-order valence-electron chi connectivity index (χ2n) is 7.93. The van der Waals surface area contributed by atoms with Crippen molar-refractivity contribution >= 4 is 28.7 Å². The molecule has 0 unspecified atom stereocenters. The van der Waals surface area contributed by atoms with Gasteiger partial charge in [0.15, 0.2) is 0 Å². The van der Waals surface area contributed by atoms with E-state index in [0.29, 0.717) is 12.1 Å². The highest BCUT2D eigenvalue weighted by Gasteiger charge is 2.10. The summed E-state index contributed by atoms with van der Waals surface area (Å²) in [6, 6.07) is 28.0. The number of methoxy groups -OCH3 is 1. The maximum Gasteiger partial charge on any atom is 0.330 e. The Morgan fingerprint density at radius 3 is 2.36 bits per heavy atom. The van der Waals surface area contributed by atoms with Gasteiger partial charge in [0, 0.05) is 18.2 Å². The number of ether oxygens (including phenoxy) is 1. The molecule has 164 valence electrons. The molecule has 33 heavy (non-hydrogen) atoms. The summed E-state index contributed by atoms with van der Waals surface area (Å²) < 4.78 is 4.70. The maximum absolute atomic E-state index is 13.0. The quantitative estimate of drug-likeness (QED) is 0.302. The molecule has 0 saturated heterocycles. The van der Waals surface area contributed by atoms with E-state index in [1.807, 2.05) is 61.5 Å². The molecule has 4 nitrogen and oxygen atoms in total. The zero-order valence-electron chi connectivity index (χ0n) is 18.7. The van der Waals surface area contributed by atoms with E-state index < -0.39 is 5.97 Å². The first kappa shape index (κ1) is 22.0. The molecule has 0 aliphatic carbocycles. The molecule has 0 fully saturated rings. The Kier molecular flexibility index (Phi) is 6.65. The van der Waals surface area contributed by atoms with Gasteiger partial charge in [-0.25, -0.2) is 4.79 Å². The molecular weight excluding hydrogens is 410 g/mol. The third kappa shape index (κ3) is 5.55. The predicted octanol–water partition coefficient (Wildman–Crippen LogP) is 5.93. The van der Waals surface area contributed by atoms with Gasteiger partial charge in [0.2, 0.25) is 0 Å². The Bertz CT molecular complexity index is 1340. The number of rotatable bonds is 6. The minimum absolute atomic E-state index is 0.175. The Hall–Kier alpha value is -4.18. The number of carbonyl (C=O) groups excluding carboxylic acids is 2. The van der Waals surface area contributed by atoms with E-state index in [9.17, 15) is 9.59 Å². The van der Waals surface area contributed by atoms with Gasteiger partial charge in [-0.2, -0.15) is 0 Å². The molecule has 0 saturated carbocycles. The number of aryl methyl sites for hydroxylation is 1. The van der Waals surface area contributed by atoms with Crippen molar-refractivity contribution in [1.29, 1.82) is 0 Å². The number of fused-ring (bicyclic) bond motifs is 1. The molecule has 0 radical (unpaired) electrons. The van der Waals surface area contributed by atoms with Crippen LogP contribution in [0.2, 0.25) is 0 Å². The van der Waals surface area contributed by atoms with Crippen LogP contribution in [-0.2, 0) is 16.1 Å². The highest BCUT2D eigenvalue weighted by Crippen LogP contribution is 2.27. The molecule has 4 aromatic carbocycles. The number of benzene rings is 4. The fourth-order valence-corrected chi connectivity index (χ4v) is 3.64. The molecule has 0 atom stereocenters. The predicted molar refractivity (Wildman–Crippen MR) is 133 cm³/mol. The van der Waals surface area contributed by atoms with Gasteiger partial charge in [-0.3, -0.25) is 4.79 Å². The van der Waals surface area contributed by atoms with Gasteiger partial charge in [-0.15, -0.1) is 0 Å². The van der Waals surface area contributed by atoms with Gasteiger partial charge >= 0.3 is 5.97 Å². The molecule has 4 rings (SSSR count). The molecule has 0 heterocycles. The van der Waals surface area contributed by atoms with Crippen molar-refractivity contribution < 1.29 is 14.3 Å². The molecular formula is C29H25NO3. The van der Waals surface area contributed by atoms with Crippen LogP contribution in [0.1, 0.15) is 27.0 Å². The summed E-state index contributed by atoms with van der Waals surface area (Å²) in [5.74, 6) is -0.623. The number of amides is 1. The van der Waals surface area contributed by atoms with Crippen LogP contribution in [0.5, 0.6) is 0 Å². The van der Waals surface area contributed by atoms with E-state index in [0.717, 1.165) is 33.0 Å². The van der Waals surface area contributed by atoms with Crippen molar-refractivity contribution in [2.75, 3.05) is 7.11 Å². The first-order chi connectivity index (χ1) is 16.0. The minimum Gasteiger partial charge on any atom is -0.466 e. The van der Waals surface area contributed by atoms with Crippen molar-refractivity contribution in [1.82, 2.24) is 5.32 Å². The summed E-state index contributed by atoms with van der Waals surface area (Å²) in [7, 11) is 1.34. The van der Waals surface area contributed by atoms with Crippen molar-refractivity contribution in [3.8, 4) is 11.1 Å². The van der Waals surface area contributed by atoms with E-state index >= 15 is 0 Å². The molecule has 4 heteroatoms. The van der Waals surface area contributed by atoms with Crippen LogP contribution in [0.15, 0.2) is 91.0 Å². The SMILES string of the molecule is COC(=O)/C=C/c1cc(C(=O)NCc2ccc(C)cc2)cc(-c2ccc3ccccc3c2)c1. The van der Waals surface area contributed by atoms with E-state index in [1.165, 1.54) is 18.7 Å². The van der Waals surface area contributed by atoms with Crippen LogP contribution in [0.4, 0.5) is 0 Å². The summed E-state index contributed by atoms with van der Waals surface area (Å²) >= 11 is 0. The van der Waals surface area contributed by atoms with Gasteiger partial charge in [0.1, 0.15) is 0 Å². The van der Waals surface area contributed by atoms with E-state index in [4.69, 9.17) is 4.74 Å². The fourth-order valence-electron chi connectivity index (χ4n) is 3.64. The Morgan fingerprint density at radius 1 is 0.848 bits per heavy atom. The van der Waals surface area contributed by atoms with E-state index in [2.05, 4.69) is 29.6 Å². The maximum atomic E-state index is 13.0. The van der Waals surface area contributed by atoms with Crippen molar-refractivity contribution in [3.63, 3.8) is 0 Å². The van der Waals surface area contributed by atoms with Crippen LogP contribution in [-0.4, -0.2) is 19.0 Å². The molecule has 0 spiro atoms. The number of hydrogen-bond acceptors (Lipinski definition) is 3. The van der Waals surface area contributed by atoms with Crippen molar-refractivity contribution in [2.45, 2.75) is 13.5 Å². The third-order valence-electron chi connectivity index (χ3n) is 5.49. The average molecular weight is 436 g/mol. The largest absolute Gasteiger partial charge is 0.466 e. The molecule has 0 aliphatic rings. The Morgan fingerprint density at radius 2 is 1.61 bits per heavy atom. The van der Waals surface area contributed by atoms with E-state index in [-0.39, 0.29) is 5.91 Å².